The number of carbonyl (C=O) groups is 2. The fourth-order valence-electron chi connectivity index (χ4n) is 10.7. The van der Waals surface area contributed by atoms with E-state index in [-0.39, 0.29) is 23.7 Å². The molecule has 0 bridgehead atoms. The van der Waals surface area contributed by atoms with Gasteiger partial charge in [-0.3, -0.25) is 9.59 Å². The molecule has 2 saturated carbocycles. The van der Waals surface area contributed by atoms with Crippen molar-refractivity contribution < 1.29 is 23.6 Å². The highest BCUT2D eigenvalue weighted by Crippen LogP contribution is 2.38. The van der Waals surface area contributed by atoms with E-state index in [4.69, 9.17) is 14.0 Å². The van der Waals surface area contributed by atoms with Crippen LogP contribution in [0.4, 0.5) is 22.7 Å². The Balaban J connectivity index is 0.000000190. The predicted molar refractivity (Wildman–Crippen MR) is 324 cm³/mol. The lowest BCUT2D eigenvalue weighted by Crippen LogP contribution is -2.41. The molecular formula is C66H78BN5O5S. The van der Waals surface area contributed by atoms with Gasteiger partial charge in [-0.15, -0.1) is 0 Å². The van der Waals surface area contributed by atoms with Crippen molar-refractivity contribution in [2.24, 2.45) is 11.8 Å². The van der Waals surface area contributed by atoms with Crippen LogP contribution in [-0.2, 0) is 32.0 Å². The maximum atomic E-state index is 14.0. The third-order valence-electron chi connectivity index (χ3n) is 16.3. The molecule has 2 aliphatic carbocycles. The molecule has 406 valence electrons. The third-order valence-corrected chi connectivity index (χ3v) is 17.1. The second-order valence-corrected chi connectivity index (χ2v) is 23.6. The van der Waals surface area contributed by atoms with Crippen LogP contribution in [0.1, 0.15) is 103 Å². The summed E-state index contributed by atoms with van der Waals surface area (Å²) in [5.41, 5.74) is 12.3. The lowest BCUT2D eigenvalue weighted by Gasteiger charge is -2.32. The lowest BCUT2D eigenvalue weighted by atomic mass is 9.79. The summed E-state index contributed by atoms with van der Waals surface area (Å²) < 4.78 is 22.3. The number of aromatic nitrogens is 1. The molecule has 0 atom stereocenters. The van der Waals surface area contributed by atoms with Crippen LogP contribution in [0, 0.1) is 11.8 Å². The summed E-state index contributed by atoms with van der Waals surface area (Å²) in [4.78, 5) is 37.0. The number of amides is 2. The number of rotatable bonds is 15. The zero-order valence-corrected chi connectivity index (χ0v) is 48.2. The van der Waals surface area contributed by atoms with Gasteiger partial charge in [0.05, 0.1) is 36.3 Å². The van der Waals surface area contributed by atoms with Gasteiger partial charge in [0.15, 0.2) is 0 Å². The molecule has 10 rings (SSSR count). The molecule has 0 N–H and O–H groups in total. The second-order valence-electron chi connectivity index (χ2n) is 22.8. The molecule has 1 aromatic heterocycles. The van der Waals surface area contributed by atoms with Gasteiger partial charge < -0.3 is 33.6 Å². The van der Waals surface area contributed by atoms with Crippen LogP contribution in [0.25, 0.3) is 32.7 Å². The molecule has 0 unspecified atom stereocenters. The molecular weight excluding hydrogens is 986 g/mol. The average Bonchev–Trinajstić information content (AvgIpc) is 4.15. The van der Waals surface area contributed by atoms with Crippen molar-refractivity contribution in [2.75, 3.05) is 54.9 Å². The van der Waals surface area contributed by atoms with Crippen molar-refractivity contribution in [2.45, 2.75) is 116 Å². The molecule has 12 heteroatoms. The topological polar surface area (TPSA) is 87.7 Å². The maximum absolute atomic E-state index is 14.0. The van der Waals surface area contributed by atoms with Gasteiger partial charge in [0, 0.05) is 68.8 Å². The first-order valence-electron chi connectivity index (χ1n) is 28.0. The van der Waals surface area contributed by atoms with E-state index in [0.29, 0.717) is 19.0 Å². The fourth-order valence-corrected chi connectivity index (χ4v) is 11.4. The number of anilines is 4. The first kappa shape index (κ1) is 56.0. The van der Waals surface area contributed by atoms with Gasteiger partial charge in [-0.2, -0.15) is 4.37 Å². The molecule has 0 radical (unpaired) electrons. The molecule has 2 heterocycles. The molecule has 10 nitrogen and oxygen atoms in total. The minimum absolute atomic E-state index is 0.0729. The van der Waals surface area contributed by atoms with Crippen molar-refractivity contribution in [3.63, 3.8) is 0 Å². The summed E-state index contributed by atoms with van der Waals surface area (Å²) in [6.07, 6.45) is 10.8. The minimum Gasteiger partial charge on any atom is -0.480 e. The monoisotopic (exact) mass is 1060 g/mol. The van der Waals surface area contributed by atoms with Gasteiger partial charge in [0.25, 0.3) is 0 Å². The molecule has 6 aromatic carbocycles. The maximum Gasteiger partial charge on any atom is 0.494 e. The van der Waals surface area contributed by atoms with E-state index in [9.17, 15) is 9.59 Å². The van der Waals surface area contributed by atoms with Crippen molar-refractivity contribution in [1.29, 1.82) is 0 Å². The average molecular weight is 1060 g/mol. The van der Waals surface area contributed by atoms with E-state index < -0.39 is 18.3 Å². The van der Waals surface area contributed by atoms with Crippen molar-refractivity contribution in [3.05, 3.63) is 163 Å². The van der Waals surface area contributed by atoms with Crippen LogP contribution < -0.4 is 29.8 Å². The highest BCUT2D eigenvalue weighted by atomic mass is 32.1. The number of benzene rings is 6. The van der Waals surface area contributed by atoms with Gasteiger partial charge in [-0.25, -0.2) is 0 Å². The summed E-state index contributed by atoms with van der Waals surface area (Å²) in [5, 5.41) is 0. The van der Waals surface area contributed by atoms with Crippen LogP contribution in [0.5, 0.6) is 5.88 Å². The van der Waals surface area contributed by atoms with Crippen LogP contribution in [0.3, 0.4) is 0 Å². The van der Waals surface area contributed by atoms with E-state index in [2.05, 4.69) is 171 Å². The van der Waals surface area contributed by atoms with Gasteiger partial charge >= 0.3 is 7.12 Å². The van der Waals surface area contributed by atoms with E-state index in [1.807, 2.05) is 60.3 Å². The molecule has 3 fully saturated rings. The number of nitrogens with zero attached hydrogens (tertiary/aromatic N) is 5. The number of hydrogen-bond donors (Lipinski definition) is 0. The minimum atomic E-state index is -0.463. The normalized spacial score (nSPS) is 16.2. The van der Waals surface area contributed by atoms with Crippen LogP contribution in [0.15, 0.2) is 152 Å². The molecule has 2 amide bonds. The summed E-state index contributed by atoms with van der Waals surface area (Å²) >= 11 is 1.41. The second kappa shape index (κ2) is 24.9. The van der Waals surface area contributed by atoms with Gasteiger partial charge in [-0.05, 0) is 158 Å². The van der Waals surface area contributed by atoms with E-state index in [1.54, 1.807) is 7.11 Å². The highest BCUT2D eigenvalue weighted by Gasteiger charge is 2.52. The molecule has 78 heavy (non-hydrogen) atoms. The highest BCUT2D eigenvalue weighted by molar-refractivity contribution is 7.09. The standard InChI is InChI=1S/C34H43BN2O3.C32H35N3O2S/c1-33(2)34(3,4)40-35(39-33)29-13-10-14-31(23-29)37(32(38)28-11-8-7-9-12-28)24-25-15-17-26(18-16-25)27-19-21-30(22-20-27)36(5)6;1-34(2)28-18-16-25(17-19-28)24-14-12-23(13-15-24)22-35(32(36)26-8-5-4-6-9-26)29-11-7-10-27(20-29)30-21-31(37-3)33-38-30/h10,13-23,28H,7-9,11-12,24H2,1-6H3;7,10-21,26H,4-6,8-9,22H2,1-3H3. The Morgan fingerprint density at radius 2 is 0.936 bits per heavy atom. The lowest BCUT2D eigenvalue weighted by molar-refractivity contribution is -0.124. The molecule has 1 saturated heterocycles. The number of ether oxygens (including phenoxy) is 1. The largest absolute Gasteiger partial charge is 0.494 e. The Labute approximate surface area is 468 Å². The summed E-state index contributed by atoms with van der Waals surface area (Å²) in [6, 6.07) is 52.7. The Morgan fingerprint density at radius 1 is 0.526 bits per heavy atom. The van der Waals surface area contributed by atoms with E-state index in [1.165, 1.54) is 58.0 Å². The molecule has 0 spiro atoms. The first-order valence-corrected chi connectivity index (χ1v) is 28.8. The molecule has 3 aliphatic rings. The SMILES string of the molecule is CN(C)c1ccc(-c2ccc(CN(C(=O)C3CCCCC3)c3cccc(B4OC(C)(C)C(C)(C)O4)c3)cc2)cc1.COc1cc(-c2cccc(N(Cc3ccc(-c4ccc(N(C)C)cc4)cc3)C(=O)C3CCCCC3)c2)sn1. The summed E-state index contributed by atoms with van der Waals surface area (Å²) in [7, 11) is 9.37. The zero-order valence-electron chi connectivity index (χ0n) is 47.3. The summed E-state index contributed by atoms with van der Waals surface area (Å²) in [6.45, 7) is 9.34. The Morgan fingerprint density at radius 3 is 1.35 bits per heavy atom. The smallest absolute Gasteiger partial charge is 0.480 e. The number of carbonyl (C=O) groups excluding carboxylic acids is 2. The Bertz CT molecular complexity index is 3070. The summed E-state index contributed by atoms with van der Waals surface area (Å²) in [5.74, 6) is 1.22. The van der Waals surface area contributed by atoms with Crippen molar-refractivity contribution in [1.82, 2.24) is 4.37 Å². The molecule has 7 aromatic rings. The molecule has 1 aliphatic heterocycles. The zero-order chi connectivity index (χ0) is 55.0. The van der Waals surface area contributed by atoms with Crippen molar-refractivity contribution in [3.8, 4) is 38.6 Å². The third kappa shape index (κ3) is 13.4. The number of methoxy groups -OCH3 is 1. The van der Waals surface area contributed by atoms with Crippen molar-refractivity contribution >= 4 is 58.7 Å². The van der Waals surface area contributed by atoms with Gasteiger partial charge in [-0.1, -0.05) is 136 Å². The van der Waals surface area contributed by atoms with Crippen LogP contribution in [0.2, 0.25) is 0 Å². The predicted octanol–water partition coefficient (Wildman–Crippen LogP) is 14.5. The Kier molecular flexibility index (Phi) is 17.9. The number of hydrogen-bond acceptors (Lipinski definition) is 9. The quantitative estimate of drug-likeness (QED) is 0.0939. The van der Waals surface area contributed by atoms with Crippen LogP contribution in [-0.4, -0.2) is 69.8 Å². The Hall–Kier alpha value is -6.73. The van der Waals surface area contributed by atoms with Gasteiger partial charge in [0.1, 0.15) is 0 Å². The van der Waals surface area contributed by atoms with E-state index >= 15 is 0 Å². The first-order chi connectivity index (χ1) is 37.5. The van der Waals surface area contributed by atoms with E-state index in [0.717, 1.165) is 89.8 Å². The van der Waals surface area contributed by atoms with Gasteiger partial charge in [0.2, 0.25) is 17.7 Å². The fraction of sp³-hybridized carbons (Fsp3) is 0.379. The van der Waals surface area contributed by atoms with Crippen LogP contribution >= 0.6 is 11.5 Å².